The van der Waals surface area contributed by atoms with E-state index in [4.69, 9.17) is 11.0 Å². The largest absolute Gasteiger partial charge is 0.397 e. The molecule has 4 heteroatoms. The van der Waals surface area contributed by atoms with Gasteiger partial charge in [-0.15, -0.1) is 22.7 Å². The maximum Gasteiger partial charge on any atom is 0.128 e. The van der Waals surface area contributed by atoms with E-state index in [1.807, 2.05) is 6.92 Å². The van der Waals surface area contributed by atoms with Gasteiger partial charge in [0.15, 0.2) is 0 Å². The molecule has 0 saturated heterocycles. The normalized spacial score (nSPS) is 10.3. The van der Waals surface area contributed by atoms with Crippen molar-refractivity contribution in [3.8, 4) is 15.8 Å². The molecular weight excluding hydrogens is 236 g/mol. The topological polar surface area (TPSA) is 49.8 Å². The van der Waals surface area contributed by atoms with E-state index in [1.54, 1.807) is 11.3 Å². The number of anilines is 1. The van der Waals surface area contributed by atoms with E-state index < -0.39 is 0 Å². The Labute approximate surface area is 103 Å². The van der Waals surface area contributed by atoms with Gasteiger partial charge >= 0.3 is 0 Å². The first kappa shape index (κ1) is 11.2. The molecule has 0 unspecified atom stereocenters. The lowest BCUT2D eigenvalue weighted by Gasteiger charge is -1.94. The van der Waals surface area contributed by atoms with E-state index in [1.165, 1.54) is 21.1 Å². The van der Waals surface area contributed by atoms with Crippen molar-refractivity contribution in [3.63, 3.8) is 0 Å². The van der Waals surface area contributed by atoms with Crippen LogP contribution in [0.3, 0.4) is 0 Å². The summed E-state index contributed by atoms with van der Waals surface area (Å²) in [5.41, 5.74) is 7.55. The molecule has 2 N–H and O–H groups in total. The Balaban J connectivity index is 2.52. The third kappa shape index (κ3) is 1.73. The minimum Gasteiger partial charge on any atom is -0.397 e. The Kier molecular flexibility index (Phi) is 2.99. The minimum atomic E-state index is 0.624. The minimum absolute atomic E-state index is 0.624. The number of rotatable bonds is 2. The maximum atomic E-state index is 8.94. The fraction of sp³-hybridized carbons (Fsp3) is 0.250. The Morgan fingerprint density at radius 2 is 2.12 bits per heavy atom. The van der Waals surface area contributed by atoms with Gasteiger partial charge in [-0.2, -0.15) is 5.26 Å². The Morgan fingerprint density at radius 1 is 1.38 bits per heavy atom. The molecule has 0 saturated carbocycles. The average Bonchev–Trinajstić information content (AvgIpc) is 2.86. The zero-order chi connectivity index (χ0) is 11.7. The summed E-state index contributed by atoms with van der Waals surface area (Å²) >= 11 is 3.27. The number of nitriles is 1. The van der Waals surface area contributed by atoms with E-state index in [-0.39, 0.29) is 0 Å². The maximum absolute atomic E-state index is 8.94. The van der Waals surface area contributed by atoms with Gasteiger partial charge in [-0.05, 0) is 31.0 Å². The van der Waals surface area contributed by atoms with E-state index in [2.05, 4.69) is 25.1 Å². The van der Waals surface area contributed by atoms with Crippen LogP contribution in [0.1, 0.15) is 22.2 Å². The van der Waals surface area contributed by atoms with Crippen LogP contribution in [-0.4, -0.2) is 0 Å². The van der Waals surface area contributed by atoms with Gasteiger partial charge in [-0.25, -0.2) is 0 Å². The van der Waals surface area contributed by atoms with Crippen molar-refractivity contribution in [3.05, 3.63) is 27.5 Å². The summed E-state index contributed by atoms with van der Waals surface area (Å²) in [5, 5.41) is 8.94. The monoisotopic (exact) mass is 248 g/mol. The molecule has 0 bridgehead atoms. The third-order valence-electron chi connectivity index (χ3n) is 2.53. The van der Waals surface area contributed by atoms with Crippen molar-refractivity contribution in [1.82, 2.24) is 0 Å². The van der Waals surface area contributed by atoms with Gasteiger partial charge in [-0.1, -0.05) is 6.92 Å². The van der Waals surface area contributed by atoms with Gasteiger partial charge in [0.25, 0.3) is 0 Å². The molecule has 2 heterocycles. The summed E-state index contributed by atoms with van der Waals surface area (Å²) in [7, 11) is 0. The zero-order valence-electron chi connectivity index (χ0n) is 9.20. The van der Waals surface area contributed by atoms with Gasteiger partial charge in [0, 0.05) is 9.75 Å². The molecule has 0 amide bonds. The number of nitrogens with two attached hydrogens (primary N) is 1. The predicted molar refractivity (Wildman–Crippen MR) is 70.9 cm³/mol. The van der Waals surface area contributed by atoms with Crippen molar-refractivity contribution in [1.29, 1.82) is 5.26 Å². The molecule has 2 aromatic rings. The molecule has 0 atom stereocenters. The van der Waals surface area contributed by atoms with Gasteiger partial charge in [0.2, 0.25) is 0 Å². The first-order chi connectivity index (χ1) is 7.67. The molecular formula is C12H12N2S2. The van der Waals surface area contributed by atoms with Crippen LogP contribution in [0.25, 0.3) is 9.75 Å². The predicted octanol–water partition coefficient (Wildman–Crippen LogP) is 3.80. The summed E-state index contributed by atoms with van der Waals surface area (Å²) in [4.78, 5) is 4.34. The molecule has 82 valence electrons. The fourth-order valence-electron chi connectivity index (χ4n) is 1.53. The van der Waals surface area contributed by atoms with E-state index >= 15 is 0 Å². The van der Waals surface area contributed by atoms with Crippen LogP contribution in [0.15, 0.2) is 12.1 Å². The third-order valence-corrected chi connectivity index (χ3v) is 5.15. The van der Waals surface area contributed by atoms with Crippen LogP contribution in [0, 0.1) is 18.3 Å². The Bertz CT molecular complexity index is 558. The molecule has 0 spiro atoms. The molecule has 2 rings (SSSR count). The number of aryl methyl sites for hydroxylation is 1. The first-order valence-corrected chi connectivity index (χ1v) is 6.68. The number of hydrogen-bond donors (Lipinski definition) is 1. The SMILES string of the molecule is CCc1ccc(-c2sc(C#N)c(N)c2C)s1. The van der Waals surface area contributed by atoms with Gasteiger partial charge in [-0.3, -0.25) is 0 Å². The van der Waals surface area contributed by atoms with E-state index in [9.17, 15) is 0 Å². The number of nitrogen functional groups attached to an aromatic ring is 1. The summed E-state index contributed by atoms with van der Waals surface area (Å²) < 4.78 is 0. The Morgan fingerprint density at radius 3 is 2.62 bits per heavy atom. The second-order valence-corrected chi connectivity index (χ2v) is 5.72. The summed E-state index contributed by atoms with van der Waals surface area (Å²) in [6.45, 7) is 4.12. The fourth-order valence-corrected chi connectivity index (χ4v) is 3.67. The second-order valence-electron chi connectivity index (χ2n) is 3.53. The standard InChI is InChI=1S/C12H12N2S2/c1-3-8-4-5-9(15-8)12-7(2)11(14)10(6-13)16-12/h4-5H,3,14H2,1-2H3. The van der Waals surface area contributed by atoms with Crippen molar-refractivity contribution in [2.24, 2.45) is 0 Å². The number of nitrogens with zero attached hydrogens (tertiary/aromatic N) is 1. The van der Waals surface area contributed by atoms with Gasteiger partial charge < -0.3 is 5.73 Å². The molecule has 2 aromatic heterocycles. The smallest absolute Gasteiger partial charge is 0.128 e. The quantitative estimate of drug-likeness (QED) is 0.878. The molecule has 0 aromatic carbocycles. The molecule has 0 radical (unpaired) electrons. The second kappa shape index (κ2) is 4.28. The zero-order valence-corrected chi connectivity index (χ0v) is 10.8. The van der Waals surface area contributed by atoms with Crippen LogP contribution >= 0.6 is 22.7 Å². The highest BCUT2D eigenvalue weighted by Gasteiger charge is 2.14. The van der Waals surface area contributed by atoms with Crippen molar-refractivity contribution < 1.29 is 0 Å². The summed E-state index contributed by atoms with van der Waals surface area (Å²) in [5.74, 6) is 0. The van der Waals surface area contributed by atoms with Crippen LogP contribution in [0.2, 0.25) is 0 Å². The molecule has 0 aliphatic carbocycles. The molecule has 0 aliphatic rings. The molecule has 2 nitrogen and oxygen atoms in total. The van der Waals surface area contributed by atoms with Crippen molar-refractivity contribution in [2.45, 2.75) is 20.3 Å². The van der Waals surface area contributed by atoms with E-state index in [0.29, 0.717) is 10.6 Å². The summed E-state index contributed by atoms with van der Waals surface area (Å²) in [6.07, 6.45) is 1.05. The van der Waals surface area contributed by atoms with Gasteiger partial charge in [0.05, 0.1) is 10.6 Å². The van der Waals surface area contributed by atoms with Crippen LogP contribution in [0.5, 0.6) is 0 Å². The van der Waals surface area contributed by atoms with Crippen LogP contribution in [0.4, 0.5) is 5.69 Å². The number of thiophene rings is 2. The van der Waals surface area contributed by atoms with E-state index in [0.717, 1.165) is 16.9 Å². The average molecular weight is 248 g/mol. The molecule has 0 aliphatic heterocycles. The Hall–Kier alpha value is -1.31. The lowest BCUT2D eigenvalue weighted by atomic mass is 10.2. The van der Waals surface area contributed by atoms with Crippen molar-refractivity contribution >= 4 is 28.4 Å². The van der Waals surface area contributed by atoms with Crippen LogP contribution < -0.4 is 5.73 Å². The summed E-state index contributed by atoms with van der Waals surface area (Å²) in [6, 6.07) is 6.40. The number of hydrogen-bond acceptors (Lipinski definition) is 4. The highest BCUT2D eigenvalue weighted by molar-refractivity contribution is 7.22. The molecule has 0 fully saturated rings. The lowest BCUT2D eigenvalue weighted by molar-refractivity contribution is 1.19. The lowest BCUT2D eigenvalue weighted by Crippen LogP contribution is -1.86. The van der Waals surface area contributed by atoms with Gasteiger partial charge in [0.1, 0.15) is 10.9 Å². The highest BCUT2D eigenvalue weighted by Crippen LogP contribution is 2.40. The first-order valence-electron chi connectivity index (χ1n) is 5.05. The van der Waals surface area contributed by atoms with Crippen LogP contribution in [-0.2, 0) is 6.42 Å². The molecule has 16 heavy (non-hydrogen) atoms. The van der Waals surface area contributed by atoms with Crippen molar-refractivity contribution in [2.75, 3.05) is 5.73 Å². The highest BCUT2D eigenvalue weighted by atomic mass is 32.1.